The van der Waals surface area contributed by atoms with Gasteiger partial charge < -0.3 is 14.8 Å². The maximum Gasteiger partial charge on any atom is 0.267 e. The van der Waals surface area contributed by atoms with Crippen molar-refractivity contribution in [2.75, 3.05) is 18.5 Å². The molecule has 1 N–H and O–H groups in total. The number of aromatic nitrogens is 2. The Balaban J connectivity index is 1.59. The summed E-state index contributed by atoms with van der Waals surface area (Å²) in [5, 5.41) is 16.7. The van der Waals surface area contributed by atoms with Crippen LogP contribution in [0, 0.1) is 18.3 Å². The molecule has 2 heterocycles. The Labute approximate surface area is 167 Å². The highest BCUT2D eigenvalue weighted by molar-refractivity contribution is 6.09. The summed E-state index contributed by atoms with van der Waals surface area (Å²) < 4.78 is 12.7. The second kappa shape index (κ2) is 7.90. The molecule has 144 valence electrons. The summed E-state index contributed by atoms with van der Waals surface area (Å²) >= 11 is 0. The van der Waals surface area contributed by atoms with Gasteiger partial charge in [-0.15, -0.1) is 0 Å². The van der Waals surface area contributed by atoms with Crippen molar-refractivity contribution in [3.8, 4) is 23.3 Å². The number of aryl methyl sites for hydroxylation is 1. The molecule has 7 nitrogen and oxygen atoms in total. The molecule has 29 heavy (non-hydrogen) atoms. The molecule has 0 fully saturated rings. The van der Waals surface area contributed by atoms with E-state index in [-0.39, 0.29) is 5.57 Å². The van der Waals surface area contributed by atoms with Crippen LogP contribution in [0.25, 0.3) is 11.8 Å². The molecule has 0 aliphatic carbocycles. The highest BCUT2D eigenvalue weighted by atomic mass is 16.6. The lowest BCUT2D eigenvalue weighted by Gasteiger charge is -2.18. The van der Waals surface area contributed by atoms with Crippen molar-refractivity contribution in [3.05, 3.63) is 71.4 Å². The first-order valence-corrected chi connectivity index (χ1v) is 9.09. The van der Waals surface area contributed by atoms with Gasteiger partial charge in [0.25, 0.3) is 5.91 Å². The smallest absolute Gasteiger partial charge is 0.267 e. The number of carbonyl (C=O) groups is 1. The monoisotopic (exact) mass is 386 g/mol. The Morgan fingerprint density at radius 3 is 2.66 bits per heavy atom. The summed E-state index contributed by atoms with van der Waals surface area (Å²) in [5.41, 5.74) is 2.21. The Morgan fingerprint density at radius 2 is 1.90 bits per heavy atom. The van der Waals surface area contributed by atoms with Crippen molar-refractivity contribution in [2.45, 2.75) is 6.92 Å². The minimum absolute atomic E-state index is 0.0276. The first-order chi connectivity index (χ1) is 14.1. The number of para-hydroxylation sites is 1. The fraction of sp³-hybridized carbons (Fsp3) is 0.136. The predicted molar refractivity (Wildman–Crippen MR) is 108 cm³/mol. The van der Waals surface area contributed by atoms with Gasteiger partial charge in [0, 0.05) is 6.07 Å². The molecule has 1 aliphatic heterocycles. The van der Waals surface area contributed by atoms with E-state index in [1.54, 1.807) is 28.9 Å². The minimum atomic E-state index is -0.514. The molecule has 0 saturated carbocycles. The lowest BCUT2D eigenvalue weighted by atomic mass is 10.1. The third kappa shape index (κ3) is 3.96. The van der Waals surface area contributed by atoms with Crippen LogP contribution in [0.15, 0.2) is 60.2 Å². The van der Waals surface area contributed by atoms with Crippen LogP contribution in [0.5, 0.6) is 11.5 Å². The van der Waals surface area contributed by atoms with Gasteiger partial charge in [-0.1, -0.05) is 24.3 Å². The summed E-state index contributed by atoms with van der Waals surface area (Å²) in [4.78, 5) is 12.7. The van der Waals surface area contributed by atoms with Crippen LogP contribution in [0.2, 0.25) is 0 Å². The highest BCUT2D eigenvalue weighted by Gasteiger charge is 2.16. The predicted octanol–water partition coefficient (Wildman–Crippen LogP) is 3.50. The summed E-state index contributed by atoms with van der Waals surface area (Å²) in [5.74, 6) is 1.22. The zero-order valence-electron chi connectivity index (χ0n) is 15.8. The number of fused-ring (bicyclic) bond motifs is 1. The van der Waals surface area contributed by atoms with Gasteiger partial charge in [0.05, 0.1) is 11.4 Å². The van der Waals surface area contributed by atoms with E-state index in [1.807, 2.05) is 43.3 Å². The fourth-order valence-corrected chi connectivity index (χ4v) is 3.00. The number of ether oxygens (including phenoxy) is 2. The van der Waals surface area contributed by atoms with Gasteiger partial charge in [-0.05, 0) is 42.8 Å². The number of amides is 1. The SMILES string of the molecule is Cc1cc(NC(=O)/C(C#N)=C\c2ccc3c(c2)OCCO3)n(-c2ccccc2)n1. The molecule has 0 radical (unpaired) electrons. The van der Waals surface area contributed by atoms with E-state index in [9.17, 15) is 10.1 Å². The van der Waals surface area contributed by atoms with Gasteiger partial charge in [-0.25, -0.2) is 4.68 Å². The molecule has 0 saturated heterocycles. The lowest BCUT2D eigenvalue weighted by Crippen LogP contribution is -2.16. The molecule has 0 atom stereocenters. The first-order valence-electron chi connectivity index (χ1n) is 9.09. The Hall–Kier alpha value is -4.05. The van der Waals surface area contributed by atoms with Crippen LogP contribution in [-0.2, 0) is 4.79 Å². The molecule has 1 amide bonds. The second-order valence-corrected chi connectivity index (χ2v) is 6.45. The number of benzene rings is 2. The van der Waals surface area contributed by atoms with E-state index in [2.05, 4.69) is 10.4 Å². The topological polar surface area (TPSA) is 89.2 Å². The third-order valence-corrected chi connectivity index (χ3v) is 4.32. The van der Waals surface area contributed by atoms with Crippen molar-refractivity contribution in [1.29, 1.82) is 5.26 Å². The van der Waals surface area contributed by atoms with E-state index in [0.717, 1.165) is 11.4 Å². The summed E-state index contributed by atoms with van der Waals surface area (Å²) in [6, 6.07) is 18.5. The second-order valence-electron chi connectivity index (χ2n) is 6.45. The average Bonchev–Trinajstić information content (AvgIpc) is 3.12. The van der Waals surface area contributed by atoms with E-state index in [1.165, 1.54) is 6.08 Å². The molecule has 0 spiro atoms. The molecule has 0 unspecified atom stereocenters. The number of anilines is 1. The van der Waals surface area contributed by atoms with Crippen LogP contribution in [0.4, 0.5) is 5.82 Å². The average molecular weight is 386 g/mol. The van der Waals surface area contributed by atoms with Gasteiger partial charge in [0.1, 0.15) is 30.7 Å². The number of carbonyl (C=O) groups excluding carboxylic acids is 1. The molecule has 2 aromatic carbocycles. The molecule has 1 aromatic heterocycles. The molecule has 7 heteroatoms. The summed E-state index contributed by atoms with van der Waals surface area (Å²) in [6.45, 7) is 2.81. The van der Waals surface area contributed by atoms with E-state index < -0.39 is 5.91 Å². The standard InChI is InChI=1S/C22H18N4O3/c1-15-11-21(26(25-15)18-5-3-2-4-6-18)24-22(27)17(14-23)12-16-7-8-19-20(13-16)29-10-9-28-19/h2-8,11-13H,9-10H2,1H3,(H,24,27)/b17-12-. The maximum atomic E-state index is 12.7. The Bertz CT molecular complexity index is 1130. The summed E-state index contributed by atoms with van der Waals surface area (Å²) in [6.07, 6.45) is 1.52. The van der Waals surface area contributed by atoms with Gasteiger partial charge in [-0.3, -0.25) is 4.79 Å². The number of nitrogens with zero attached hydrogens (tertiary/aromatic N) is 3. The van der Waals surface area contributed by atoms with E-state index in [0.29, 0.717) is 36.1 Å². The van der Waals surface area contributed by atoms with Crippen LogP contribution in [-0.4, -0.2) is 28.9 Å². The largest absolute Gasteiger partial charge is 0.486 e. The van der Waals surface area contributed by atoms with Crippen molar-refractivity contribution < 1.29 is 14.3 Å². The van der Waals surface area contributed by atoms with Crippen molar-refractivity contribution in [3.63, 3.8) is 0 Å². The van der Waals surface area contributed by atoms with Crippen LogP contribution >= 0.6 is 0 Å². The fourth-order valence-electron chi connectivity index (χ4n) is 3.00. The van der Waals surface area contributed by atoms with Crippen molar-refractivity contribution in [1.82, 2.24) is 9.78 Å². The third-order valence-electron chi connectivity index (χ3n) is 4.32. The van der Waals surface area contributed by atoms with Crippen molar-refractivity contribution >= 4 is 17.8 Å². The molecular weight excluding hydrogens is 368 g/mol. The molecule has 0 bridgehead atoms. The molecule has 1 aliphatic rings. The number of rotatable bonds is 4. The number of nitrogens with one attached hydrogen (secondary N) is 1. The Kier molecular flexibility index (Phi) is 4.99. The van der Waals surface area contributed by atoms with Gasteiger partial charge in [0.15, 0.2) is 11.5 Å². The van der Waals surface area contributed by atoms with Gasteiger partial charge in [0.2, 0.25) is 0 Å². The van der Waals surface area contributed by atoms with E-state index in [4.69, 9.17) is 9.47 Å². The van der Waals surface area contributed by atoms with Crippen LogP contribution < -0.4 is 14.8 Å². The highest BCUT2D eigenvalue weighted by Crippen LogP contribution is 2.31. The molecule has 4 rings (SSSR count). The van der Waals surface area contributed by atoms with E-state index >= 15 is 0 Å². The number of hydrogen-bond acceptors (Lipinski definition) is 5. The summed E-state index contributed by atoms with van der Waals surface area (Å²) in [7, 11) is 0. The first kappa shape index (κ1) is 18.3. The van der Waals surface area contributed by atoms with Crippen LogP contribution in [0.3, 0.4) is 0 Å². The maximum absolute atomic E-state index is 12.7. The molecular formula is C22H18N4O3. The normalized spacial score (nSPS) is 12.9. The van der Waals surface area contributed by atoms with Crippen molar-refractivity contribution in [2.24, 2.45) is 0 Å². The van der Waals surface area contributed by atoms with Gasteiger partial charge in [-0.2, -0.15) is 10.4 Å². The minimum Gasteiger partial charge on any atom is -0.486 e. The number of hydrogen-bond donors (Lipinski definition) is 1. The lowest BCUT2D eigenvalue weighted by molar-refractivity contribution is -0.112. The molecule has 3 aromatic rings. The van der Waals surface area contributed by atoms with Gasteiger partial charge >= 0.3 is 0 Å². The zero-order valence-corrected chi connectivity index (χ0v) is 15.8. The van der Waals surface area contributed by atoms with Crippen LogP contribution in [0.1, 0.15) is 11.3 Å². The Morgan fingerprint density at radius 1 is 1.14 bits per heavy atom. The zero-order chi connectivity index (χ0) is 20.2. The quantitative estimate of drug-likeness (QED) is 0.548. The number of nitriles is 1.